The number of hydrogen-bond acceptors (Lipinski definition) is 5. The van der Waals surface area contributed by atoms with Crippen molar-refractivity contribution >= 4 is 11.7 Å². The number of carbonyl (C=O) groups is 1. The topological polar surface area (TPSA) is 81.8 Å². The van der Waals surface area contributed by atoms with Crippen molar-refractivity contribution < 1.29 is 14.5 Å². The summed E-state index contributed by atoms with van der Waals surface area (Å²) in [5, 5.41) is 11.1. The van der Waals surface area contributed by atoms with Gasteiger partial charge in [0, 0.05) is 17.0 Å². The van der Waals surface area contributed by atoms with Gasteiger partial charge in [0.1, 0.15) is 11.5 Å². The van der Waals surface area contributed by atoms with E-state index >= 15 is 0 Å². The van der Waals surface area contributed by atoms with Gasteiger partial charge >= 0.3 is 12.0 Å². The van der Waals surface area contributed by atoms with E-state index in [0.717, 1.165) is 19.3 Å². The van der Waals surface area contributed by atoms with Gasteiger partial charge in [-0.1, -0.05) is 31.9 Å². The van der Waals surface area contributed by atoms with Crippen LogP contribution in [0, 0.1) is 10.1 Å². The zero-order valence-electron chi connectivity index (χ0n) is 11.2. The lowest BCUT2D eigenvalue weighted by Gasteiger charge is -2.20. The molecule has 0 saturated carbocycles. The van der Waals surface area contributed by atoms with E-state index in [1.165, 1.54) is 0 Å². The molecule has 0 radical (unpaired) electrons. The molecule has 1 atom stereocenters. The highest BCUT2D eigenvalue weighted by Gasteiger charge is 2.43. The average molecular weight is 276 g/mol. The molecule has 0 N–H and O–H groups in total. The van der Waals surface area contributed by atoms with Gasteiger partial charge in [0.25, 0.3) is 0 Å². The number of benzene rings is 1. The zero-order chi connectivity index (χ0) is 14.5. The second-order valence-electron chi connectivity index (χ2n) is 4.58. The van der Waals surface area contributed by atoms with Crippen LogP contribution in [0.5, 0.6) is 5.75 Å². The van der Waals surface area contributed by atoms with E-state index in [1.54, 1.807) is 24.3 Å². The third-order valence-corrected chi connectivity index (χ3v) is 3.11. The van der Waals surface area contributed by atoms with Gasteiger partial charge in [-0.05, 0) is 18.6 Å². The number of rotatable bonds is 5. The minimum absolute atomic E-state index is 0.206. The molecule has 20 heavy (non-hydrogen) atoms. The number of fused-ring (bicyclic) bond motifs is 1. The van der Waals surface area contributed by atoms with Crippen LogP contribution in [-0.2, 0) is 4.79 Å². The van der Waals surface area contributed by atoms with Crippen molar-refractivity contribution in [3.05, 3.63) is 39.9 Å². The van der Waals surface area contributed by atoms with E-state index < -0.39 is 16.9 Å². The zero-order valence-corrected chi connectivity index (χ0v) is 11.2. The molecule has 1 unspecified atom stereocenters. The molecule has 0 spiro atoms. The second-order valence-corrected chi connectivity index (χ2v) is 4.58. The smallest absolute Gasteiger partial charge is 0.393 e. The molecule has 1 aliphatic rings. The monoisotopic (exact) mass is 276 g/mol. The molecule has 0 amide bonds. The van der Waals surface area contributed by atoms with E-state index in [1.807, 2.05) is 0 Å². The normalized spacial score (nSPS) is 19.6. The summed E-state index contributed by atoms with van der Waals surface area (Å²) < 4.78 is 5.00. The van der Waals surface area contributed by atoms with Gasteiger partial charge < -0.3 is 4.74 Å². The fourth-order valence-electron chi connectivity index (χ4n) is 2.11. The number of nitro groups is 1. The van der Waals surface area contributed by atoms with Gasteiger partial charge in [0.2, 0.25) is 0 Å². The lowest BCUT2D eigenvalue weighted by atomic mass is 9.99. The van der Waals surface area contributed by atoms with Gasteiger partial charge in [-0.2, -0.15) is 0 Å². The van der Waals surface area contributed by atoms with Gasteiger partial charge in [0.15, 0.2) is 0 Å². The van der Waals surface area contributed by atoms with Crippen LogP contribution in [-0.4, -0.2) is 29.2 Å². The van der Waals surface area contributed by atoms with E-state index in [4.69, 9.17) is 4.74 Å². The maximum atomic E-state index is 11.8. The number of aliphatic imine (C=N–C) groups is 1. The number of esters is 1. The van der Waals surface area contributed by atoms with Gasteiger partial charge in [0.05, 0.1) is 0 Å². The molecule has 1 aromatic rings. The van der Waals surface area contributed by atoms with Crippen LogP contribution in [0.25, 0.3) is 0 Å². The highest BCUT2D eigenvalue weighted by molar-refractivity contribution is 6.18. The Morgan fingerprint density at radius 1 is 1.35 bits per heavy atom. The summed E-state index contributed by atoms with van der Waals surface area (Å²) in [5.74, 6) is -0.534. The first kappa shape index (κ1) is 14.2. The van der Waals surface area contributed by atoms with Crippen LogP contribution in [0.1, 0.15) is 31.7 Å². The fourth-order valence-corrected chi connectivity index (χ4v) is 2.11. The van der Waals surface area contributed by atoms with Crippen LogP contribution in [0.15, 0.2) is 29.3 Å². The summed E-state index contributed by atoms with van der Waals surface area (Å²) >= 11 is 0. The quantitative estimate of drug-likeness (QED) is 0.271. The first-order valence-corrected chi connectivity index (χ1v) is 6.64. The molecule has 6 heteroatoms. The van der Waals surface area contributed by atoms with Crippen molar-refractivity contribution in [3.8, 4) is 5.75 Å². The molecule has 0 bridgehead atoms. The molecule has 0 fully saturated rings. The number of carbonyl (C=O) groups excluding carboxylic acids is 1. The third-order valence-electron chi connectivity index (χ3n) is 3.11. The van der Waals surface area contributed by atoms with E-state index in [0.29, 0.717) is 17.9 Å². The molecule has 6 nitrogen and oxygen atoms in total. The minimum atomic E-state index is -1.52. The highest BCUT2D eigenvalue weighted by atomic mass is 16.6. The van der Waals surface area contributed by atoms with E-state index in [2.05, 4.69) is 11.9 Å². The number of para-hydroxylation sites is 1. The van der Waals surface area contributed by atoms with Gasteiger partial charge in [-0.25, -0.2) is 4.79 Å². The van der Waals surface area contributed by atoms with Crippen molar-refractivity contribution in [2.75, 3.05) is 6.54 Å². The Hall–Kier alpha value is -2.24. The maximum Gasteiger partial charge on any atom is 0.393 e. The van der Waals surface area contributed by atoms with Crippen molar-refractivity contribution in [2.24, 2.45) is 4.99 Å². The molecule has 0 aromatic heterocycles. The molecule has 1 aromatic carbocycles. The summed E-state index contributed by atoms with van der Waals surface area (Å²) in [7, 11) is 0. The predicted octanol–water partition coefficient (Wildman–Crippen LogP) is 2.23. The first-order valence-electron chi connectivity index (χ1n) is 6.64. The lowest BCUT2D eigenvalue weighted by Crippen LogP contribution is -2.44. The van der Waals surface area contributed by atoms with Crippen LogP contribution in [0.3, 0.4) is 0 Å². The summed E-state index contributed by atoms with van der Waals surface area (Å²) in [6.45, 7) is 2.55. The molecular weight excluding hydrogens is 260 g/mol. The second kappa shape index (κ2) is 6.27. The van der Waals surface area contributed by atoms with Crippen LogP contribution < -0.4 is 4.74 Å². The number of ether oxygens (including phenoxy) is 1. The summed E-state index contributed by atoms with van der Waals surface area (Å²) in [5.41, 5.74) is 0.739. The highest BCUT2D eigenvalue weighted by Crippen LogP contribution is 2.26. The molecule has 1 heterocycles. The Morgan fingerprint density at radius 2 is 2.10 bits per heavy atom. The largest absolute Gasteiger partial charge is 0.420 e. The van der Waals surface area contributed by atoms with Crippen molar-refractivity contribution in [2.45, 2.75) is 32.2 Å². The Bertz CT molecular complexity index is 554. The number of hydrogen-bond donors (Lipinski definition) is 0. The molecule has 2 rings (SSSR count). The predicted molar refractivity (Wildman–Crippen MR) is 73.8 cm³/mol. The molecule has 1 aliphatic heterocycles. The fraction of sp³-hybridized carbons (Fsp3) is 0.429. The maximum absolute atomic E-state index is 11.8. The summed E-state index contributed by atoms with van der Waals surface area (Å²) in [6.07, 6.45) is 2.90. The number of unbranched alkanes of at least 4 members (excludes halogenated alkanes) is 2. The minimum Gasteiger partial charge on any atom is -0.420 e. The first-order chi connectivity index (χ1) is 9.65. The Kier molecular flexibility index (Phi) is 4.45. The van der Waals surface area contributed by atoms with E-state index in [9.17, 15) is 14.9 Å². The average Bonchev–Trinajstić information content (AvgIpc) is 2.42. The van der Waals surface area contributed by atoms with Crippen molar-refractivity contribution in [3.63, 3.8) is 0 Å². The standard InChI is InChI=1S/C14H16N2O4/c1-2-3-6-9-15-12-10-7-4-5-8-11(10)20-14(17)13(12)16(18)19/h4-5,7-8,13H,2-3,6,9H2,1H3. The Balaban J connectivity index is 2.35. The van der Waals surface area contributed by atoms with Gasteiger partial charge in [-0.3, -0.25) is 15.1 Å². The van der Waals surface area contributed by atoms with Crippen LogP contribution in [0.2, 0.25) is 0 Å². The molecule has 106 valence electrons. The van der Waals surface area contributed by atoms with Crippen LogP contribution in [0.4, 0.5) is 0 Å². The van der Waals surface area contributed by atoms with Gasteiger partial charge in [-0.15, -0.1) is 0 Å². The van der Waals surface area contributed by atoms with Crippen molar-refractivity contribution in [1.29, 1.82) is 0 Å². The van der Waals surface area contributed by atoms with E-state index in [-0.39, 0.29) is 5.71 Å². The van der Waals surface area contributed by atoms with Crippen molar-refractivity contribution in [1.82, 2.24) is 0 Å². The molecule has 0 aliphatic carbocycles. The van der Waals surface area contributed by atoms with Crippen LogP contribution >= 0.6 is 0 Å². The SMILES string of the molecule is CCCCCN=C1c2ccccc2OC(=O)C1[N+](=O)[O-]. The molecular formula is C14H16N2O4. The lowest BCUT2D eigenvalue weighted by molar-refractivity contribution is -0.491. The third kappa shape index (κ3) is 2.84. The number of nitrogens with zero attached hydrogens (tertiary/aromatic N) is 2. The summed E-state index contributed by atoms with van der Waals surface area (Å²) in [6, 6.07) is 5.25. The summed E-state index contributed by atoms with van der Waals surface area (Å²) in [4.78, 5) is 26.5. The Labute approximate surface area is 116 Å². The Morgan fingerprint density at radius 3 is 2.80 bits per heavy atom. The molecule has 0 saturated heterocycles.